The van der Waals surface area contributed by atoms with Crippen LogP contribution >= 0.6 is 24.0 Å². The summed E-state index contributed by atoms with van der Waals surface area (Å²) >= 11 is 5.81. The Morgan fingerprint density at radius 3 is 2.95 bits per heavy atom. The average Bonchev–Trinajstić information content (AvgIpc) is 2.63. The number of halogens is 3. The van der Waals surface area contributed by atoms with E-state index in [0.717, 1.165) is 19.5 Å². The van der Waals surface area contributed by atoms with Crippen LogP contribution in [0.4, 0.5) is 4.39 Å². The molecule has 0 amide bonds. The first kappa shape index (κ1) is 16.7. The molecule has 108 valence electrons. The predicted molar refractivity (Wildman–Crippen MR) is 80.6 cm³/mol. The molecule has 0 aliphatic carbocycles. The number of nitrogens with zero attached hydrogens (tertiary/aromatic N) is 1. The van der Waals surface area contributed by atoms with Crippen LogP contribution in [-0.2, 0) is 6.54 Å². The molecule has 1 aliphatic heterocycles. The molecule has 0 bridgehead atoms. The lowest BCUT2D eigenvalue weighted by Crippen LogP contribution is -2.32. The molecule has 0 radical (unpaired) electrons. The zero-order valence-electron chi connectivity index (χ0n) is 11.2. The van der Waals surface area contributed by atoms with E-state index in [-0.39, 0.29) is 23.2 Å². The Morgan fingerprint density at radius 1 is 1.37 bits per heavy atom. The van der Waals surface area contributed by atoms with E-state index < -0.39 is 0 Å². The van der Waals surface area contributed by atoms with Crippen molar-refractivity contribution in [2.24, 2.45) is 0 Å². The molecule has 1 aliphatic rings. The van der Waals surface area contributed by atoms with Crippen LogP contribution in [0.3, 0.4) is 0 Å². The van der Waals surface area contributed by atoms with Gasteiger partial charge in [-0.05, 0) is 45.5 Å². The molecule has 2 nitrogen and oxygen atoms in total. The molecule has 1 fully saturated rings. The summed E-state index contributed by atoms with van der Waals surface area (Å²) < 4.78 is 13.8. The molecular weight excluding hydrogens is 286 g/mol. The molecular formula is C14H21Cl2FN2. The quantitative estimate of drug-likeness (QED) is 0.920. The molecule has 1 aromatic carbocycles. The van der Waals surface area contributed by atoms with Crippen molar-refractivity contribution in [2.45, 2.75) is 31.8 Å². The number of hydrogen-bond acceptors (Lipinski definition) is 2. The molecule has 0 aromatic heterocycles. The van der Waals surface area contributed by atoms with Gasteiger partial charge < -0.3 is 5.32 Å². The maximum atomic E-state index is 13.8. The Balaban J connectivity index is 0.00000180. The van der Waals surface area contributed by atoms with Crippen LogP contribution in [0.15, 0.2) is 18.2 Å². The fourth-order valence-electron chi connectivity index (χ4n) is 2.51. The van der Waals surface area contributed by atoms with E-state index in [0.29, 0.717) is 18.2 Å². The van der Waals surface area contributed by atoms with E-state index in [9.17, 15) is 4.39 Å². The van der Waals surface area contributed by atoms with Gasteiger partial charge >= 0.3 is 0 Å². The van der Waals surface area contributed by atoms with E-state index >= 15 is 0 Å². The minimum Gasteiger partial charge on any atom is -0.317 e. The van der Waals surface area contributed by atoms with Gasteiger partial charge in [0.05, 0.1) is 5.02 Å². The van der Waals surface area contributed by atoms with Gasteiger partial charge in [-0.3, -0.25) is 4.90 Å². The van der Waals surface area contributed by atoms with Gasteiger partial charge in [-0.2, -0.15) is 0 Å². The lowest BCUT2D eigenvalue weighted by Gasteiger charge is -2.27. The molecule has 0 spiro atoms. The summed E-state index contributed by atoms with van der Waals surface area (Å²) in [5, 5.41) is 3.61. The SMILES string of the molecule is CN(Cc1cccc(Cl)c1F)C1CCCNCC1.Cl. The van der Waals surface area contributed by atoms with Gasteiger partial charge in [-0.25, -0.2) is 4.39 Å². The highest BCUT2D eigenvalue weighted by Gasteiger charge is 2.18. The summed E-state index contributed by atoms with van der Waals surface area (Å²) in [5.74, 6) is -0.280. The van der Waals surface area contributed by atoms with Crippen LogP contribution in [0.1, 0.15) is 24.8 Å². The van der Waals surface area contributed by atoms with Crippen LogP contribution in [-0.4, -0.2) is 31.1 Å². The first-order valence-electron chi connectivity index (χ1n) is 6.52. The number of benzene rings is 1. The molecule has 1 saturated heterocycles. The fraction of sp³-hybridized carbons (Fsp3) is 0.571. The van der Waals surface area contributed by atoms with Crippen molar-refractivity contribution in [3.8, 4) is 0 Å². The first-order chi connectivity index (χ1) is 8.68. The van der Waals surface area contributed by atoms with Crippen LogP contribution in [0.5, 0.6) is 0 Å². The van der Waals surface area contributed by atoms with Gasteiger partial charge in [-0.15, -0.1) is 12.4 Å². The van der Waals surface area contributed by atoms with Gasteiger partial charge in [0.15, 0.2) is 0 Å². The van der Waals surface area contributed by atoms with Crippen LogP contribution < -0.4 is 5.32 Å². The largest absolute Gasteiger partial charge is 0.317 e. The number of hydrogen-bond donors (Lipinski definition) is 1. The highest BCUT2D eigenvalue weighted by atomic mass is 35.5. The van der Waals surface area contributed by atoms with Crippen molar-refractivity contribution in [3.63, 3.8) is 0 Å². The summed E-state index contributed by atoms with van der Waals surface area (Å²) in [7, 11) is 2.07. The first-order valence-corrected chi connectivity index (χ1v) is 6.90. The normalized spacial score (nSPS) is 19.9. The Labute approximate surface area is 125 Å². The predicted octanol–water partition coefficient (Wildman–Crippen LogP) is 3.47. The lowest BCUT2D eigenvalue weighted by molar-refractivity contribution is 0.214. The molecule has 1 aromatic rings. The Morgan fingerprint density at radius 2 is 2.16 bits per heavy atom. The molecule has 1 heterocycles. The fourth-order valence-corrected chi connectivity index (χ4v) is 2.70. The third-order valence-corrected chi connectivity index (χ3v) is 3.91. The minimum atomic E-state index is -0.280. The second-order valence-corrected chi connectivity index (χ2v) is 5.37. The van der Waals surface area contributed by atoms with E-state index in [2.05, 4.69) is 17.3 Å². The topological polar surface area (TPSA) is 15.3 Å². The summed E-state index contributed by atoms with van der Waals surface area (Å²) in [6.45, 7) is 2.76. The number of rotatable bonds is 3. The monoisotopic (exact) mass is 306 g/mol. The second kappa shape index (κ2) is 8.05. The van der Waals surface area contributed by atoms with Crippen LogP contribution in [0.25, 0.3) is 0 Å². The van der Waals surface area contributed by atoms with Crippen molar-refractivity contribution in [2.75, 3.05) is 20.1 Å². The van der Waals surface area contributed by atoms with Crippen molar-refractivity contribution in [3.05, 3.63) is 34.6 Å². The summed E-state index contributed by atoms with van der Waals surface area (Å²) in [6.07, 6.45) is 3.48. The molecule has 0 saturated carbocycles. The standard InChI is InChI=1S/C14H20ClFN2.ClH/c1-18(12-5-3-8-17-9-7-12)10-11-4-2-6-13(15)14(11)16;/h2,4,6,12,17H,3,5,7-10H2,1H3;1H. The maximum Gasteiger partial charge on any atom is 0.146 e. The van der Waals surface area contributed by atoms with Gasteiger partial charge in [0.2, 0.25) is 0 Å². The third kappa shape index (κ3) is 4.60. The van der Waals surface area contributed by atoms with E-state index in [4.69, 9.17) is 11.6 Å². The van der Waals surface area contributed by atoms with Crippen LogP contribution in [0.2, 0.25) is 5.02 Å². The smallest absolute Gasteiger partial charge is 0.146 e. The second-order valence-electron chi connectivity index (χ2n) is 4.96. The third-order valence-electron chi connectivity index (χ3n) is 3.62. The molecule has 1 unspecified atom stereocenters. The molecule has 1 atom stereocenters. The Kier molecular flexibility index (Phi) is 7.08. The lowest BCUT2D eigenvalue weighted by atomic mass is 10.1. The highest BCUT2D eigenvalue weighted by molar-refractivity contribution is 6.30. The highest BCUT2D eigenvalue weighted by Crippen LogP contribution is 2.21. The van der Waals surface area contributed by atoms with Crippen molar-refractivity contribution < 1.29 is 4.39 Å². The van der Waals surface area contributed by atoms with Gasteiger partial charge in [-0.1, -0.05) is 23.7 Å². The molecule has 5 heteroatoms. The van der Waals surface area contributed by atoms with Crippen molar-refractivity contribution >= 4 is 24.0 Å². The average molecular weight is 307 g/mol. The van der Waals surface area contributed by atoms with Gasteiger partial charge in [0.25, 0.3) is 0 Å². The van der Waals surface area contributed by atoms with Gasteiger partial charge in [0.1, 0.15) is 5.82 Å². The molecule has 2 rings (SSSR count). The summed E-state index contributed by atoms with van der Waals surface area (Å²) in [4.78, 5) is 2.24. The Bertz CT molecular complexity index is 393. The zero-order chi connectivity index (χ0) is 13.0. The van der Waals surface area contributed by atoms with E-state index in [1.54, 1.807) is 6.07 Å². The van der Waals surface area contributed by atoms with Crippen molar-refractivity contribution in [1.29, 1.82) is 0 Å². The zero-order valence-corrected chi connectivity index (χ0v) is 12.7. The van der Waals surface area contributed by atoms with Crippen molar-refractivity contribution in [1.82, 2.24) is 10.2 Å². The molecule has 1 N–H and O–H groups in total. The number of nitrogens with one attached hydrogen (secondary N) is 1. The maximum absolute atomic E-state index is 13.8. The molecule has 19 heavy (non-hydrogen) atoms. The Hall–Kier alpha value is -0.350. The van der Waals surface area contributed by atoms with E-state index in [1.165, 1.54) is 12.8 Å². The summed E-state index contributed by atoms with van der Waals surface area (Å²) in [6, 6.07) is 5.74. The minimum absolute atomic E-state index is 0. The summed E-state index contributed by atoms with van der Waals surface area (Å²) in [5.41, 5.74) is 0.683. The van der Waals surface area contributed by atoms with Gasteiger partial charge in [0, 0.05) is 18.2 Å². The van der Waals surface area contributed by atoms with E-state index in [1.807, 2.05) is 12.1 Å². The van der Waals surface area contributed by atoms with Crippen LogP contribution in [0, 0.1) is 5.82 Å².